The van der Waals surface area contributed by atoms with E-state index in [2.05, 4.69) is 21.0 Å². The van der Waals surface area contributed by atoms with Crippen LogP contribution >= 0.6 is 11.6 Å². The van der Waals surface area contributed by atoms with E-state index in [1.807, 2.05) is 70.8 Å². The van der Waals surface area contributed by atoms with Crippen LogP contribution in [0.25, 0.3) is 0 Å². The van der Waals surface area contributed by atoms with Gasteiger partial charge in [-0.2, -0.15) is 0 Å². The fourth-order valence-corrected chi connectivity index (χ4v) is 5.74. The molecular formula is C31H50ClN5O4. The third-order valence-corrected chi connectivity index (χ3v) is 7.90. The molecule has 230 valence electrons. The van der Waals surface area contributed by atoms with Crippen LogP contribution in [0.4, 0.5) is 4.79 Å². The molecule has 41 heavy (non-hydrogen) atoms. The summed E-state index contributed by atoms with van der Waals surface area (Å²) in [4.78, 5) is 41.2. The molecule has 1 aromatic carbocycles. The fourth-order valence-electron chi connectivity index (χ4n) is 5.61. The Morgan fingerprint density at radius 2 is 1.68 bits per heavy atom. The molecule has 2 fully saturated rings. The number of carbonyl (C=O) groups excluding carboxylic acids is 3. The lowest BCUT2D eigenvalue weighted by molar-refractivity contribution is -0.140. The number of nitrogens with zero attached hydrogens (tertiary/aromatic N) is 2. The van der Waals surface area contributed by atoms with Gasteiger partial charge in [0.25, 0.3) is 5.91 Å². The van der Waals surface area contributed by atoms with E-state index >= 15 is 0 Å². The van der Waals surface area contributed by atoms with Crippen LogP contribution in [0.1, 0.15) is 85.6 Å². The SMILES string of the molecule is CC(CN[C@H](Cc1ccc(Cl)cc1)C(=O)NN1CC[C@H](N(C(=O)C(C)C)C2CCCCC2)C1)NC(=O)OC(C)(C)C. The zero-order valence-corrected chi connectivity index (χ0v) is 26.4. The maximum absolute atomic E-state index is 13.6. The number of nitrogens with one attached hydrogen (secondary N) is 3. The number of halogens is 1. The largest absolute Gasteiger partial charge is 0.444 e. The highest BCUT2D eigenvalue weighted by molar-refractivity contribution is 6.30. The maximum atomic E-state index is 13.6. The first-order chi connectivity index (χ1) is 19.3. The van der Waals surface area contributed by atoms with Crippen LogP contribution in [0.15, 0.2) is 24.3 Å². The Kier molecular flexibility index (Phi) is 12.3. The van der Waals surface area contributed by atoms with Gasteiger partial charge in [0, 0.05) is 48.7 Å². The first-order valence-corrected chi connectivity index (χ1v) is 15.5. The summed E-state index contributed by atoms with van der Waals surface area (Å²) in [7, 11) is 0. The number of ether oxygens (including phenoxy) is 1. The molecule has 3 atom stereocenters. The minimum absolute atomic E-state index is 0.0511. The molecule has 1 aliphatic carbocycles. The van der Waals surface area contributed by atoms with Crippen LogP contribution in [0.5, 0.6) is 0 Å². The van der Waals surface area contributed by atoms with Gasteiger partial charge in [-0.1, -0.05) is 56.8 Å². The van der Waals surface area contributed by atoms with Gasteiger partial charge in [-0.25, -0.2) is 9.80 Å². The second-order valence-corrected chi connectivity index (χ2v) is 13.3. The molecule has 0 spiro atoms. The lowest BCUT2D eigenvalue weighted by Gasteiger charge is -2.39. The average molecular weight is 592 g/mol. The van der Waals surface area contributed by atoms with Crippen molar-refractivity contribution in [1.82, 2.24) is 26.0 Å². The number of rotatable bonds is 11. The van der Waals surface area contributed by atoms with Gasteiger partial charge in [0.1, 0.15) is 5.60 Å². The van der Waals surface area contributed by atoms with Crippen molar-refractivity contribution in [2.45, 2.75) is 116 Å². The van der Waals surface area contributed by atoms with Crippen LogP contribution in [-0.4, -0.2) is 77.2 Å². The number of carbonyl (C=O) groups is 3. The van der Waals surface area contributed by atoms with E-state index in [0.29, 0.717) is 31.1 Å². The molecule has 1 saturated heterocycles. The van der Waals surface area contributed by atoms with Gasteiger partial charge in [0.05, 0.1) is 6.04 Å². The highest BCUT2D eigenvalue weighted by atomic mass is 35.5. The number of benzene rings is 1. The van der Waals surface area contributed by atoms with Gasteiger partial charge >= 0.3 is 6.09 Å². The van der Waals surface area contributed by atoms with E-state index in [9.17, 15) is 14.4 Å². The number of amides is 3. The minimum Gasteiger partial charge on any atom is -0.444 e. The quantitative estimate of drug-likeness (QED) is 0.345. The second-order valence-electron chi connectivity index (χ2n) is 12.9. The summed E-state index contributed by atoms with van der Waals surface area (Å²) < 4.78 is 5.36. The van der Waals surface area contributed by atoms with Crippen LogP contribution in [0.3, 0.4) is 0 Å². The molecule has 1 heterocycles. The topological polar surface area (TPSA) is 103 Å². The highest BCUT2D eigenvalue weighted by Crippen LogP contribution is 2.28. The summed E-state index contributed by atoms with van der Waals surface area (Å²) in [5, 5.41) is 8.75. The van der Waals surface area contributed by atoms with Gasteiger partial charge in [-0.15, -0.1) is 0 Å². The Bertz CT molecular complexity index is 1010. The average Bonchev–Trinajstić information content (AvgIpc) is 3.34. The van der Waals surface area contributed by atoms with Crippen molar-refractivity contribution in [3.05, 3.63) is 34.9 Å². The summed E-state index contributed by atoms with van der Waals surface area (Å²) in [5.74, 6) is 0.0121. The Morgan fingerprint density at radius 3 is 2.29 bits per heavy atom. The molecule has 0 bridgehead atoms. The van der Waals surface area contributed by atoms with Crippen molar-refractivity contribution in [2.75, 3.05) is 19.6 Å². The van der Waals surface area contributed by atoms with Gasteiger partial charge < -0.3 is 20.3 Å². The standard InChI is InChI=1S/C31H50ClN5O4/c1-21(2)29(39)37(25-10-8-7-9-11-25)26-16-17-36(20-26)35-28(38)27(18-23-12-14-24(32)15-13-23)33-19-22(3)34-30(40)41-31(4,5)6/h12-15,21-22,25-27,33H,7-11,16-20H2,1-6H3,(H,34,40)(H,35,38)/t22?,26-,27+/m0/s1. The molecule has 1 aliphatic heterocycles. The first kappa shape index (κ1) is 33.1. The molecule has 0 radical (unpaired) electrons. The zero-order valence-electron chi connectivity index (χ0n) is 25.7. The van der Waals surface area contributed by atoms with E-state index in [1.54, 1.807) is 0 Å². The summed E-state index contributed by atoms with van der Waals surface area (Å²) in [5.41, 5.74) is 3.50. The molecule has 1 saturated carbocycles. The number of hydrazine groups is 1. The molecule has 9 nitrogen and oxygen atoms in total. The number of alkyl carbamates (subject to hydrolysis) is 1. The highest BCUT2D eigenvalue weighted by Gasteiger charge is 2.37. The van der Waals surface area contributed by atoms with E-state index in [-0.39, 0.29) is 35.9 Å². The maximum Gasteiger partial charge on any atom is 0.407 e. The molecule has 10 heteroatoms. The molecule has 3 rings (SSSR count). The van der Waals surface area contributed by atoms with Crippen LogP contribution in [0, 0.1) is 5.92 Å². The van der Waals surface area contributed by atoms with Crippen molar-refractivity contribution >= 4 is 29.5 Å². The third kappa shape index (κ3) is 10.8. The number of hydrogen-bond donors (Lipinski definition) is 3. The summed E-state index contributed by atoms with van der Waals surface area (Å²) in [6.07, 6.45) is 6.49. The Balaban J connectivity index is 1.63. The Hall–Kier alpha value is -2.36. The molecule has 2 aliphatic rings. The minimum atomic E-state index is -0.589. The predicted molar refractivity (Wildman–Crippen MR) is 162 cm³/mol. The smallest absolute Gasteiger partial charge is 0.407 e. The Morgan fingerprint density at radius 1 is 1.02 bits per heavy atom. The second kappa shape index (κ2) is 15.2. The molecule has 1 aromatic rings. The fraction of sp³-hybridized carbons (Fsp3) is 0.710. The van der Waals surface area contributed by atoms with Crippen molar-refractivity contribution in [3.8, 4) is 0 Å². The van der Waals surface area contributed by atoms with Crippen LogP contribution < -0.4 is 16.1 Å². The van der Waals surface area contributed by atoms with Crippen molar-refractivity contribution in [1.29, 1.82) is 0 Å². The number of hydrogen-bond acceptors (Lipinski definition) is 6. The predicted octanol–water partition coefficient (Wildman–Crippen LogP) is 4.68. The van der Waals surface area contributed by atoms with E-state index < -0.39 is 17.7 Å². The van der Waals surface area contributed by atoms with E-state index in [0.717, 1.165) is 24.8 Å². The van der Waals surface area contributed by atoms with E-state index in [1.165, 1.54) is 19.3 Å². The van der Waals surface area contributed by atoms with Gasteiger partial charge in [0.2, 0.25) is 5.91 Å². The molecular weight excluding hydrogens is 542 g/mol. The normalized spacial score (nSPS) is 20.0. The summed E-state index contributed by atoms with van der Waals surface area (Å²) in [6.45, 7) is 12.9. The summed E-state index contributed by atoms with van der Waals surface area (Å²) >= 11 is 6.08. The van der Waals surface area contributed by atoms with Gasteiger partial charge in [0.15, 0.2) is 0 Å². The van der Waals surface area contributed by atoms with Crippen molar-refractivity contribution < 1.29 is 19.1 Å². The zero-order chi connectivity index (χ0) is 30.2. The Labute approximate surface area is 251 Å². The lowest BCUT2D eigenvalue weighted by atomic mass is 9.92. The first-order valence-electron chi connectivity index (χ1n) is 15.2. The van der Waals surface area contributed by atoms with Gasteiger partial charge in [-0.3, -0.25) is 15.0 Å². The lowest BCUT2D eigenvalue weighted by Crippen LogP contribution is -2.55. The van der Waals surface area contributed by atoms with E-state index in [4.69, 9.17) is 16.3 Å². The molecule has 1 unspecified atom stereocenters. The molecule has 0 aromatic heterocycles. The molecule has 3 N–H and O–H groups in total. The van der Waals surface area contributed by atoms with Crippen LogP contribution in [0.2, 0.25) is 5.02 Å². The van der Waals surface area contributed by atoms with Crippen LogP contribution in [-0.2, 0) is 20.7 Å². The van der Waals surface area contributed by atoms with Crippen molar-refractivity contribution in [2.24, 2.45) is 5.92 Å². The third-order valence-electron chi connectivity index (χ3n) is 7.64. The van der Waals surface area contributed by atoms with Gasteiger partial charge in [-0.05, 0) is 71.1 Å². The monoisotopic (exact) mass is 591 g/mol. The molecule has 3 amide bonds. The summed E-state index contributed by atoms with van der Waals surface area (Å²) in [6, 6.07) is 7.05. The van der Waals surface area contributed by atoms with Crippen molar-refractivity contribution in [3.63, 3.8) is 0 Å².